The predicted molar refractivity (Wildman–Crippen MR) is 92.0 cm³/mol. The van der Waals surface area contributed by atoms with Crippen LogP contribution in [0, 0.1) is 5.82 Å². The molecule has 1 aromatic heterocycles. The number of aromatic amines is 1. The Morgan fingerprint density at radius 2 is 2.16 bits per heavy atom. The minimum absolute atomic E-state index is 0.188. The first kappa shape index (κ1) is 17.3. The Morgan fingerprint density at radius 3 is 3.00 bits per heavy atom. The maximum absolute atomic E-state index is 13.4. The van der Waals surface area contributed by atoms with Crippen molar-refractivity contribution in [1.29, 1.82) is 0 Å². The van der Waals surface area contributed by atoms with Crippen molar-refractivity contribution in [3.05, 3.63) is 47.0 Å². The summed E-state index contributed by atoms with van der Waals surface area (Å²) in [6, 6.07) is 6.00. The highest BCUT2D eigenvalue weighted by molar-refractivity contribution is 5.73. The van der Waals surface area contributed by atoms with Crippen LogP contribution in [-0.4, -0.2) is 41.3 Å². The van der Waals surface area contributed by atoms with E-state index in [-0.39, 0.29) is 18.4 Å². The van der Waals surface area contributed by atoms with Crippen LogP contribution in [0.1, 0.15) is 29.8 Å². The smallest absolute Gasteiger partial charge is 0.317 e. The molecule has 1 aliphatic carbocycles. The second-order valence-electron chi connectivity index (χ2n) is 6.20. The summed E-state index contributed by atoms with van der Waals surface area (Å²) in [5.41, 5.74) is 3.40. The van der Waals surface area contributed by atoms with Crippen LogP contribution in [0.25, 0.3) is 0 Å². The van der Waals surface area contributed by atoms with Crippen LogP contribution in [0.15, 0.2) is 24.3 Å². The Hall–Kier alpha value is -2.57. The molecule has 0 radical (unpaired) electrons. The van der Waals surface area contributed by atoms with Crippen LogP contribution < -0.4 is 10.1 Å². The average Bonchev–Trinajstić information content (AvgIpc) is 3.03. The SMILES string of the molecule is CN(Cc1n[nH]c2c1CCCC2)C(=O)NCCOc1ccccc1F. The monoisotopic (exact) mass is 346 g/mol. The van der Waals surface area contributed by atoms with Gasteiger partial charge in [0, 0.05) is 12.7 Å². The van der Waals surface area contributed by atoms with Gasteiger partial charge < -0.3 is 15.0 Å². The second-order valence-corrected chi connectivity index (χ2v) is 6.20. The molecule has 1 aromatic carbocycles. The third-order valence-electron chi connectivity index (χ3n) is 4.35. The maximum atomic E-state index is 13.4. The summed E-state index contributed by atoms with van der Waals surface area (Å²) in [5.74, 6) is -0.220. The Bertz CT molecular complexity index is 732. The van der Waals surface area contributed by atoms with E-state index in [4.69, 9.17) is 4.74 Å². The number of benzene rings is 1. The number of urea groups is 1. The van der Waals surface area contributed by atoms with Crippen molar-refractivity contribution in [3.63, 3.8) is 0 Å². The lowest BCUT2D eigenvalue weighted by Gasteiger charge is -2.18. The van der Waals surface area contributed by atoms with Gasteiger partial charge in [-0.2, -0.15) is 5.10 Å². The fourth-order valence-electron chi connectivity index (χ4n) is 2.99. The van der Waals surface area contributed by atoms with Gasteiger partial charge in [-0.05, 0) is 43.4 Å². The molecule has 6 nitrogen and oxygen atoms in total. The molecule has 134 valence electrons. The molecule has 0 fully saturated rings. The van der Waals surface area contributed by atoms with E-state index in [2.05, 4.69) is 15.5 Å². The molecule has 1 heterocycles. The maximum Gasteiger partial charge on any atom is 0.317 e. The Labute approximate surface area is 146 Å². The van der Waals surface area contributed by atoms with E-state index in [1.165, 1.54) is 30.2 Å². The van der Waals surface area contributed by atoms with E-state index in [0.717, 1.165) is 18.5 Å². The number of hydrogen-bond donors (Lipinski definition) is 2. The topological polar surface area (TPSA) is 70.2 Å². The van der Waals surface area contributed by atoms with Crippen molar-refractivity contribution in [2.45, 2.75) is 32.2 Å². The Balaban J connectivity index is 1.43. The molecule has 0 saturated carbocycles. The molecule has 2 N–H and O–H groups in total. The molecule has 7 heteroatoms. The van der Waals surface area contributed by atoms with Gasteiger partial charge in [-0.25, -0.2) is 9.18 Å². The highest BCUT2D eigenvalue weighted by Gasteiger charge is 2.19. The summed E-state index contributed by atoms with van der Waals surface area (Å²) >= 11 is 0. The predicted octanol–water partition coefficient (Wildman–Crippen LogP) is 2.65. The zero-order chi connectivity index (χ0) is 17.6. The molecular formula is C18H23FN4O2. The standard InChI is InChI=1S/C18H23FN4O2/c1-23(12-16-13-6-2-4-8-15(13)21-22-16)18(24)20-10-11-25-17-9-5-3-7-14(17)19/h3,5,7,9H,2,4,6,8,10-12H2,1H3,(H,20,24)(H,21,22). The second kappa shape index (κ2) is 8.00. The van der Waals surface area contributed by atoms with Gasteiger partial charge in [0.05, 0.1) is 18.8 Å². The fraction of sp³-hybridized carbons (Fsp3) is 0.444. The van der Waals surface area contributed by atoms with Crippen LogP contribution in [0.5, 0.6) is 5.75 Å². The number of nitrogens with zero attached hydrogens (tertiary/aromatic N) is 2. The number of nitrogens with one attached hydrogen (secondary N) is 2. The zero-order valence-electron chi connectivity index (χ0n) is 14.3. The number of halogens is 1. The lowest BCUT2D eigenvalue weighted by molar-refractivity contribution is 0.202. The molecule has 2 aromatic rings. The van der Waals surface area contributed by atoms with Gasteiger partial charge in [0.2, 0.25) is 0 Å². The van der Waals surface area contributed by atoms with Crippen LogP contribution >= 0.6 is 0 Å². The lowest BCUT2D eigenvalue weighted by atomic mass is 9.96. The molecule has 0 atom stereocenters. The number of amides is 2. The third kappa shape index (κ3) is 4.29. The quantitative estimate of drug-likeness (QED) is 0.790. The molecule has 0 saturated heterocycles. The molecular weight excluding hydrogens is 323 g/mol. The van der Waals surface area contributed by atoms with Gasteiger partial charge in [-0.1, -0.05) is 12.1 Å². The third-order valence-corrected chi connectivity index (χ3v) is 4.35. The largest absolute Gasteiger partial charge is 0.489 e. The Morgan fingerprint density at radius 1 is 1.36 bits per heavy atom. The molecule has 3 rings (SSSR count). The van der Waals surface area contributed by atoms with Crippen LogP contribution in [0.3, 0.4) is 0 Å². The highest BCUT2D eigenvalue weighted by Crippen LogP contribution is 2.22. The Kier molecular flexibility index (Phi) is 5.53. The van der Waals surface area contributed by atoms with E-state index >= 15 is 0 Å². The summed E-state index contributed by atoms with van der Waals surface area (Å²) in [5, 5.41) is 10.2. The van der Waals surface area contributed by atoms with E-state index in [1.807, 2.05) is 0 Å². The van der Waals surface area contributed by atoms with E-state index in [9.17, 15) is 9.18 Å². The number of para-hydroxylation sites is 1. The van der Waals surface area contributed by atoms with Crippen LogP contribution in [0.4, 0.5) is 9.18 Å². The molecule has 0 spiro atoms. The van der Waals surface area contributed by atoms with Gasteiger partial charge in [0.15, 0.2) is 11.6 Å². The summed E-state index contributed by atoms with van der Waals surface area (Å²) in [6.45, 7) is 0.973. The number of aryl methyl sites for hydroxylation is 1. The van der Waals surface area contributed by atoms with Crippen molar-refractivity contribution < 1.29 is 13.9 Å². The first-order valence-electron chi connectivity index (χ1n) is 8.56. The van der Waals surface area contributed by atoms with Gasteiger partial charge in [0.1, 0.15) is 6.61 Å². The fourth-order valence-corrected chi connectivity index (χ4v) is 2.99. The zero-order valence-corrected chi connectivity index (χ0v) is 14.3. The number of aromatic nitrogens is 2. The van der Waals surface area contributed by atoms with Crippen molar-refractivity contribution in [2.24, 2.45) is 0 Å². The summed E-state index contributed by atoms with van der Waals surface area (Å²) < 4.78 is 18.7. The van der Waals surface area contributed by atoms with Crippen molar-refractivity contribution >= 4 is 6.03 Å². The van der Waals surface area contributed by atoms with Crippen molar-refractivity contribution in [1.82, 2.24) is 20.4 Å². The molecule has 0 unspecified atom stereocenters. The number of H-pyrrole nitrogens is 1. The summed E-state index contributed by atoms with van der Waals surface area (Å²) in [6.07, 6.45) is 4.41. The van der Waals surface area contributed by atoms with Crippen molar-refractivity contribution in [2.75, 3.05) is 20.2 Å². The average molecular weight is 346 g/mol. The molecule has 0 aliphatic heterocycles. The minimum atomic E-state index is -0.408. The summed E-state index contributed by atoms with van der Waals surface area (Å²) in [7, 11) is 1.73. The first-order chi connectivity index (χ1) is 12.1. The lowest BCUT2D eigenvalue weighted by Crippen LogP contribution is -2.39. The van der Waals surface area contributed by atoms with E-state index in [0.29, 0.717) is 13.1 Å². The molecule has 1 aliphatic rings. The van der Waals surface area contributed by atoms with E-state index < -0.39 is 5.82 Å². The van der Waals surface area contributed by atoms with Crippen molar-refractivity contribution in [3.8, 4) is 5.75 Å². The number of ether oxygens (including phenoxy) is 1. The minimum Gasteiger partial charge on any atom is -0.489 e. The summed E-state index contributed by atoms with van der Waals surface area (Å²) in [4.78, 5) is 13.8. The normalized spacial score (nSPS) is 13.2. The molecule has 25 heavy (non-hydrogen) atoms. The van der Waals surface area contributed by atoms with Gasteiger partial charge in [-0.15, -0.1) is 0 Å². The number of hydrogen-bond acceptors (Lipinski definition) is 3. The number of carbonyl (C=O) groups excluding carboxylic acids is 1. The van der Waals surface area contributed by atoms with Gasteiger partial charge >= 0.3 is 6.03 Å². The highest BCUT2D eigenvalue weighted by atomic mass is 19.1. The number of fused-ring (bicyclic) bond motifs is 1. The van der Waals surface area contributed by atoms with E-state index in [1.54, 1.807) is 30.1 Å². The van der Waals surface area contributed by atoms with Crippen LogP contribution in [0.2, 0.25) is 0 Å². The molecule has 2 amide bonds. The number of rotatable bonds is 6. The molecule has 0 bridgehead atoms. The van der Waals surface area contributed by atoms with Gasteiger partial charge in [-0.3, -0.25) is 5.10 Å². The van der Waals surface area contributed by atoms with Gasteiger partial charge in [0.25, 0.3) is 0 Å². The van der Waals surface area contributed by atoms with Crippen LogP contribution in [-0.2, 0) is 19.4 Å². The first-order valence-corrected chi connectivity index (χ1v) is 8.56. The number of carbonyl (C=O) groups is 1.